The first-order valence-corrected chi connectivity index (χ1v) is 17.3. The number of pyridine rings is 1. The number of fused-ring (bicyclic) bond motifs is 1. The predicted molar refractivity (Wildman–Crippen MR) is 167 cm³/mol. The van der Waals surface area contributed by atoms with E-state index < -0.39 is 29.0 Å². The van der Waals surface area contributed by atoms with Crippen molar-refractivity contribution in [2.45, 2.75) is 141 Å². The van der Waals surface area contributed by atoms with E-state index in [1.807, 2.05) is 6.07 Å². The summed E-state index contributed by atoms with van der Waals surface area (Å²) in [7, 11) is 0. The molecule has 1 fully saturated rings. The molecule has 0 saturated heterocycles. The number of rotatable bonds is 21. The zero-order valence-electron chi connectivity index (χ0n) is 26.4. The number of hydrogen-bond donors (Lipinski definition) is 0. The Labute approximate surface area is 257 Å². The molecule has 6 heteroatoms. The second kappa shape index (κ2) is 17.5. The average molecular weight is 604 g/mol. The van der Waals surface area contributed by atoms with E-state index in [1.54, 1.807) is 12.3 Å². The Morgan fingerprint density at radius 3 is 2.14 bits per heavy atom. The van der Waals surface area contributed by atoms with Crippen molar-refractivity contribution in [1.29, 1.82) is 0 Å². The Hall–Kier alpha value is -1.95. The summed E-state index contributed by atoms with van der Waals surface area (Å²) in [6.45, 7) is 3.79. The van der Waals surface area contributed by atoms with Crippen molar-refractivity contribution in [2.24, 2.45) is 11.8 Å². The molecule has 240 valence electrons. The molecule has 0 bridgehead atoms. The van der Waals surface area contributed by atoms with Crippen LogP contribution in [0.5, 0.6) is 0 Å². The first kappa shape index (κ1) is 33.9. The third-order valence-corrected chi connectivity index (χ3v) is 9.51. The molecule has 1 unspecified atom stereocenters. The molecule has 1 aromatic carbocycles. The van der Waals surface area contributed by atoms with Crippen LogP contribution in [-0.4, -0.2) is 18.2 Å². The topological polar surface area (TPSA) is 22.1 Å². The van der Waals surface area contributed by atoms with Gasteiger partial charge >= 0.3 is 0 Å². The fourth-order valence-corrected chi connectivity index (χ4v) is 6.58. The van der Waals surface area contributed by atoms with E-state index in [2.05, 4.69) is 11.9 Å². The number of unbranched alkanes of at least 4 members (excludes halogenated alkanes) is 10. The van der Waals surface area contributed by atoms with Gasteiger partial charge in [0.25, 0.3) is 5.92 Å². The number of halogens is 4. The van der Waals surface area contributed by atoms with Crippen LogP contribution in [0.15, 0.2) is 24.4 Å². The number of aryl methyl sites for hydroxylation is 2. The average Bonchev–Trinajstić information content (AvgIpc) is 3.83. The van der Waals surface area contributed by atoms with Gasteiger partial charge in [0.05, 0.1) is 11.3 Å². The van der Waals surface area contributed by atoms with Crippen LogP contribution in [-0.2, 0) is 23.5 Å². The van der Waals surface area contributed by atoms with Crippen molar-refractivity contribution in [3.63, 3.8) is 0 Å². The van der Waals surface area contributed by atoms with Crippen LogP contribution < -0.4 is 0 Å². The van der Waals surface area contributed by atoms with E-state index in [4.69, 9.17) is 4.74 Å². The Balaban J connectivity index is 1.23. The first-order chi connectivity index (χ1) is 20.9. The smallest absolute Gasteiger partial charge is 0.279 e. The SMILES string of the molecule is CCCCCOCCCCCc1ccc(-c2cc3c(c(F)c2F)C(F)(F)C(CCCCCCCCCC2CC2)CC3)nc1. The lowest BCUT2D eigenvalue weighted by atomic mass is 9.77. The molecule has 0 aliphatic heterocycles. The molecule has 0 amide bonds. The molecular formula is C37H53F4NO. The Morgan fingerprint density at radius 2 is 1.47 bits per heavy atom. The zero-order chi connectivity index (χ0) is 30.5. The van der Waals surface area contributed by atoms with Crippen LogP contribution in [0.2, 0.25) is 0 Å². The van der Waals surface area contributed by atoms with Gasteiger partial charge in [0, 0.05) is 30.9 Å². The monoisotopic (exact) mass is 603 g/mol. The third-order valence-electron chi connectivity index (χ3n) is 9.51. The highest BCUT2D eigenvalue weighted by atomic mass is 19.3. The fourth-order valence-electron chi connectivity index (χ4n) is 6.58. The summed E-state index contributed by atoms with van der Waals surface area (Å²) in [6.07, 6.45) is 22.0. The minimum Gasteiger partial charge on any atom is -0.381 e. The molecule has 2 nitrogen and oxygen atoms in total. The summed E-state index contributed by atoms with van der Waals surface area (Å²) >= 11 is 0. The van der Waals surface area contributed by atoms with Gasteiger partial charge < -0.3 is 4.74 Å². The minimum atomic E-state index is -3.36. The molecule has 4 rings (SSSR count). The Kier molecular flexibility index (Phi) is 13.8. The maximum atomic E-state index is 15.5. The molecule has 1 aromatic heterocycles. The summed E-state index contributed by atoms with van der Waals surface area (Å²) in [5.74, 6) is -5.94. The summed E-state index contributed by atoms with van der Waals surface area (Å²) in [5.41, 5.74) is 0.751. The zero-order valence-corrected chi connectivity index (χ0v) is 26.4. The van der Waals surface area contributed by atoms with Crippen LogP contribution in [0.1, 0.15) is 139 Å². The number of benzene rings is 1. The van der Waals surface area contributed by atoms with E-state index >= 15 is 17.6 Å². The van der Waals surface area contributed by atoms with Crippen molar-refractivity contribution in [3.05, 3.63) is 52.7 Å². The predicted octanol–water partition coefficient (Wildman–Crippen LogP) is 11.5. The van der Waals surface area contributed by atoms with Gasteiger partial charge in [-0.1, -0.05) is 96.5 Å². The van der Waals surface area contributed by atoms with E-state index in [0.29, 0.717) is 25.7 Å². The van der Waals surface area contributed by atoms with E-state index in [1.165, 1.54) is 57.4 Å². The van der Waals surface area contributed by atoms with Crippen molar-refractivity contribution < 1.29 is 22.3 Å². The summed E-state index contributed by atoms with van der Waals surface area (Å²) < 4.78 is 67.2. The van der Waals surface area contributed by atoms with Crippen LogP contribution >= 0.6 is 0 Å². The fraction of sp³-hybridized carbons (Fsp3) is 0.703. The Morgan fingerprint density at radius 1 is 0.791 bits per heavy atom. The molecule has 2 aliphatic carbocycles. The highest BCUT2D eigenvalue weighted by molar-refractivity contribution is 5.63. The molecule has 2 aliphatic rings. The molecule has 0 radical (unpaired) electrons. The molecule has 0 N–H and O–H groups in total. The standard InChI is InChI=1S/C37H53F4NO/c1-2-3-13-24-43-25-14-9-11-16-29-20-23-33(42-27-29)32-26-30-21-22-31(37(40,41)34(30)36(39)35(32)38)17-12-8-6-4-5-7-10-15-28-18-19-28/h20,23,26-28,31H,2-19,21-22,24-25H2,1H3. The van der Waals surface area contributed by atoms with Gasteiger partial charge in [0.2, 0.25) is 0 Å². The number of nitrogens with zero attached hydrogens (tertiary/aromatic N) is 1. The quantitative estimate of drug-likeness (QED) is 0.105. The van der Waals surface area contributed by atoms with Crippen molar-refractivity contribution in [3.8, 4) is 11.3 Å². The van der Waals surface area contributed by atoms with Crippen LogP contribution in [0.4, 0.5) is 17.6 Å². The summed E-state index contributed by atoms with van der Waals surface area (Å²) in [6, 6.07) is 4.95. The van der Waals surface area contributed by atoms with Gasteiger partial charge in [-0.25, -0.2) is 17.6 Å². The minimum absolute atomic E-state index is 0.0330. The third kappa shape index (κ3) is 10.3. The molecule has 2 aromatic rings. The van der Waals surface area contributed by atoms with Crippen molar-refractivity contribution in [1.82, 2.24) is 4.98 Å². The number of alkyl halides is 2. The van der Waals surface area contributed by atoms with Gasteiger partial charge in [-0.2, -0.15) is 0 Å². The van der Waals surface area contributed by atoms with Crippen LogP contribution in [0.25, 0.3) is 11.3 Å². The van der Waals surface area contributed by atoms with E-state index in [-0.39, 0.29) is 16.8 Å². The van der Waals surface area contributed by atoms with Gasteiger partial charge in [0.15, 0.2) is 11.6 Å². The number of aromatic nitrogens is 1. The first-order valence-electron chi connectivity index (χ1n) is 17.3. The molecule has 43 heavy (non-hydrogen) atoms. The second-order valence-corrected chi connectivity index (χ2v) is 13.1. The Bertz CT molecular complexity index is 1100. The molecule has 1 saturated carbocycles. The van der Waals surface area contributed by atoms with Gasteiger partial charge in [-0.05, 0) is 74.1 Å². The number of hydrogen-bond acceptors (Lipinski definition) is 2. The van der Waals surface area contributed by atoms with Crippen molar-refractivity contribution >= 4 is 0 Å². The van der Waals surface area contributed by atoms with Gasteiger partial charge in [0.1, 0.15) is 0 Å². The van der Waals surface area contributed by atoms with Gasteiger partial charge in [-0.3, -0.25) is 4.98 Å². The van der Waals surface area contributed by atoms with Crippen molar-refractivity contribution in [2.75, 3.05) is 13.2 Å². The maximum Gasteiger partial charge on any atom is 0.279 e. The lowest BCUT2D eigenvalue weighted by molar-refractivity contribution is -0.0823. The largest absolute Gasteiger partial charge is 0.381 e. The molecule has 1 atom stereocenters. The molecule has 1 heterocycles. The highest BCUT2D eigenvalue weighted by Crippen LogP contribution is 2.49. The normalized spacial score (nSPS) is 17.7. The molecule has 0 spiro atoms. The van der Waals surface area contributed by atoms with E-state index in [0.717, 1.165) is 76.1 Å². The van der Waals surface area contributed by atoms with Crippen LogP contribution in [0, 0.1) is 23.5 Å². The summed E-state index contributed by atoms with van der Waals surface area (Å²) in [4.78, 5) is 4.38. The lowest BCUT2D eigenvalue weighted by Gasteiger charge is -2.34. The second-order valence-electron chi connectivity index (χ2n) is 13.1. The molecular weight excluding hydrogens is 550 g/mol. The maximum absolute atomic E-state index is 15.5. The lowest BCUT2D eigenvalue weighted by Crippen LogP contribution is -2.33. The van der Waals surface area contributed by atoms with Gasteiger partial charge in [-0.15, -0.1) is 0 Å². The number of ether oxygens (including phenoxy) is 1. The summed E-state index contributed by atoms with van der Waals surface area (Å²) in [5, 5.41) is 0. The highest BCUT2D eigenvalue weighted by Gasteiger charge is 2.48. The van der Waals surface area contributed by atoms with E-state index in [9.17, 15) is 0 Å². The van der Waals surface area contributed by atoms with Crippen LogP contribution in [0.3, 0.4) is 0 Å².